The van der Waals surface area contributed by atoms with Gasteiger partial charge >= 0.3 is 0 Å². The molecule has 0 radical (unpaired) electrons. The van der Waals surface area contributed by atoms with Crippen molar-refractivity contribution in [2.45, 2.75) is 58.9 Å². The van der Waals surface area contributed by atoms with Gasteiger partial charge in [0.25, 0.3) is 0 Å². The highest BCUT2D eigenvalue weighted by molar-refractivity contribution is 5.21. The molecule has 1 aromatic rings. The Morgan fingerprint density at radius 1 is 1.26 bits per heavy atom. The molecule has 3 atom stereocenters. The topological polar surface area (TPSA) is 24.9 Å². The fourth-order valence-electron chi connectivity index (χ4n) is 3.67. The van der Waals surface area contributed by atoms with Gasteiger partial charge in [-0.25, -0.2) is 0 Å². The Morgan fingerprint density at radius 2 is 2.05 bits per heavy atom. The molecule has 2 rings (SSSR count). The highest BCUT2D eigenvalue weighted by atomic mass is 14.9. The highest BCUT2D eigenvalue weighted by Gasteiger charge is 2.31. The van der Waals surface area contributed by atoms with Crippen molar-refractivity contribution in [3.63, 3.8) is 0 Å². The minimum absolute atomic E-state index is 0.489. The van der Waals surface area contributed by atoms with Crippen molar-refractivity contribution in [2.24, 2.45) is 11.8 Å². The standard InChI is InChI=1S/C17H28N2/c1-4-14-8-6-7-9-16(14)17(19-5-2)15-10-13(3)11-18-12-15/h10-12,14,16-17,19H,4-9H2,1-3H3. The Bertz CT molecular complexity index is 389. The Labute approximate surface area is 118 Å². The maximum absolute atomic E-state index is 4.39. The number of hydrogen-bond donors (Lipinski definition) is 1. The smallest absolute Gasteiger partial charge is 0.0366 e. The number of pyridine rings is 1. The van der Waals surface area contributed by atoms with Gasteiger partial charge in [-0.15, -0.1) is 0 Å². The SMILES string of the molecule is CCNC(c1cncc(C)c1)C1CCCCC1CC. The van der Waals surface area contributed by atoms with E-state index in [0.717, 1.165) is 18.4 Å². The number of nitrogens with one attached hydrogen (secondary N) is 1. The van der Waals surface area contributed by atoms with Crippen molar-refractivity contribution in [1.82, 2.24) is 10.3 Å². The van der Waals surface area contributed by atoms with Gasteiger partial charge in [-0.3, -0.25) is 4.98 Å². The minimum atomic E-state index is 0.489. The first-order chi connectivity index (χ1) is 9.26. The maximum atomic E-state index is 4.39. The number of rotatable bonds is 5. The molecule has 1 fully saturated rings. The lowest BCUT2D eigenvalue weighted by molar-refractivity contribution is 0.176. The van der Waals surface area contributed by atoms with E-state index in [-0.39, 0.29) is 0 Å². The predicted molar refractivity (Wildman–Crippen MR) is 81.1 cm³/mol. The summed E-state index contributed by atoms with van der Waals surface area (Å²) in [5.74, 6) is 1.65. The molecule has 1 N–H and O–H groups in total. The van der Waals surface area contributed by atoms with Gasteiger partial charge in [-0.1, -0.05) is 45.6 Å². The quantitative estimate of drug-likeness (QED) is 0.855. The molecule has 0 spiro atoms. The van der Waals surface area contributed by atoms with Crippen LogP contribution in [0.15, 0.2) is 18.5 Å². The van der Waals surface area contributed by atoms with Gasteiger partial charge in [0.15, 0.2) is 0 Å². The molecule has 1 aliphatic carbocycles. The molecular weight excluding hydrogens is 232 g/mol. The molecule has 1 aromatic heterocycles. The van der Waals surface area contributed by atoms with Crippen LogP contribution < -0.4 is 5.32 Å². The van der Waals surface area contributed by atoms with Crippen molar-refractivity contribution in [3.05, 3.63) is 29.6 Å². The first-order valence-electron chi connectivity index (χ1n) is 7.91. The Balaban J connectivity index is 2.23. The van der Waals surface area contributed by atoms with E-state index < -0.39 is 0 Å². The zero-order chi connectivity index (χ0) is 13.7. The summed E-state index contributed by atoms with van der Waals surface area (Å²) >= 11 is 0. The monoisotopic (exact) mass is 260 g/mol. The molecule has 0 aromatic carbocycles. The van der Waals surface area contributed by atoms with Gasteiger partial charge in [-0.05, 0) is 42.9 Å². The number of hydrogen-bond acceptors (Lipinski definition) is 2. The summed E-state index contributed by atoms with van der Waals surface area (Å²) in [4.78, 5) is 4.39. The van der Waals surface area contributed by atoms with Crippen molar-refractivity contribution >= 4 is 0 Å². The second-order valence-electron chi connectivity index (χ2n) is 5.95. The molecule has 106 valence electrons. The first kappa shape index (κ1) is 14.5. The van der Waals surface area contributed by atoms with Gasteiger partial charge in [-0.2, -0.15) is 0 Å². The summed E-state index contributed by atoms with van der Waals surface area (Å²) in [5, 5.41) is 3.72. The Kier molecular flexibility index (Phi) is 5.38. The third-order valence-electron chi connectivity index (χ3n) is 4.60. The van der Waals surface area contributed by atoms with Crippen LogP contribution in [0.4, 0.5) is 0 Å². The van der Waals surface area contributed by atoms with Gasteiger partial charge < -0.3 is 5.32 Å². The van der Waals surface area contributed by atoms with E-state index in [1.54, 1.807) is 0 Å². The van der Waals surface area contributed by atoms with Gasteiger partial charge in [0.2, 0.25) is 0 Å². The average molecular weight is 260 g/mol. The lowest BCUT2D eigenvalue weighted by Gasteiger charge is -2.37. The largest absolute Gasteiger partial charge is 0.310 e. The second kappa shape index (κ2) is 7.04. The number of aromatic nitrogens is 1. The first-order valence-corrected chi connectivity index (χ1v) is 7.91. The van der Waals surface area contributed by atoms with E-state index in [9.17, 15) is 0 Å². The molecule has 0 bridgehead atoms. The lowest BCUT2D eigenvalue weighted by atomic mass is 9.72. The zero-order valence-electron chi connectivity index (χ0n) is 12.7. The van der Waals surface area contributed by atoms with Gasteiger partial charge in [0.05, 0.1) is 0 Å². The summed E-state index contributed by atoms with van der Waals surface area (Å²) in [7, 11) is 0. The fourth-order valence-corrected chi connectivity index (χ4v) is 3.67. The van der Waals surface area contributed by atoms with Crippen molar-refractivity contribution < 1.29 is 0 Å². The normalized spacial score (nSPS) is 25.2. The Morgan fingerprint density at radius 3 is 2.74 bits per heavy atom. The predicted octanol–water partition coefficient (Wildman–Crippen LogP) is 4.26. The summed E-state index contributed by atoms with van der Waals surface area (Å²) in [6.07, 6.45) is 10.9. The van der Waals surface area contributed by atoms with Crippen molar-refractivity contribution in [1.29, 1.82) is 0 Å². The van der Waals surface area contributed by atoms with Crippen LogP contribution in [0.25, 0.3) is 0 Å². The highest BCUT2D eigenvalue weighted by Crippen LogP contribution is 2.40. The number of nitrogens with zero attached hydrogens (tertiary/aromatic N) is 1. The molecule has 1 aliphatic rings. The molecule has 1 heterocycles. The molecule has 19 heavy (non-hydrogen) atoms. The van der Waals surface area contributed by atoms with Crippen molar-refractivity contribution in [2.75, 3.05) is 6.54 Å². The molecular formula is C17H28N2. The van der Waals surface area contributed by atoms with Crippen LogP contribution in [0.5, 0.6) is 0 Å². The Hall–Kier alpha value is -0.890. The number of aryl methyl sites for hydroxylation is 1. The van der Waals surface area contributed by atoms with Crippen LogP contribution in [-0.4, -0.2) is 11.5 Å². The summed E-state index contributed by atoms with van der Waals surface area (Å²) in [6, 6.07) is 2.80. The van der Waals surface area contributed by atoms with Crippen LogP contribution >= 0.6 is 0 Å². The molecule has 2 nitrogen and oxygen atoms in total. The molecule has 0 aliphatic heterocycles. The lowest BCUT2D eigenvalue weighted by Crippen LogP contribution is -2.34. The summed E-state index contributed by atoms with van der Waals surface area (Å²) in [6.45, 7) is 7.73. The van der Waals surface area contributed by atoms with Crippen LogP contribution in [0.2, 0.25) is 0 Å². The van der Waals surface area contributed by atoms with E-state index in [2.05, 4.69) is 43.3 Å². The van der Waals surface area contributed by atoms with E-state index in [1.807, 2.05) is 6.20 Å². The van der Waals surface area contributed by atoms with Crippen LogP contribution in [-0.2, 0) is 0 Å². The summed E-state index contributed by atoms with van der Waals surface area (Å²) < 4.78 is 0. The third kappa shape index (κ3) is 3.56. The van der Waals surface area contributed by atoms with E-state index in [0.29, 0.717) is 6.04 Å². The molecule has 3 unspecified atom stereocenters. The van der Waals surface area contributed by atoms with Crippen LogP contribution in [0, 0.1) is 18.8 Å². The van der Waals surface area contributed by atoms with Crippen LogP contribution in [0.3, 0.4) is 0 Å². The maximum Gasteiger partial charge on any atom is 0.0366 e. The molecule has 0 amide bonds. The zero-order valence-corrected chi connectivity index (χ0v) is 12.7. The van der Waals surface area contributed by atoms with E-state index >= 15 is 0 Å². The van der Waals surface area contributed by atoms with Crippen molar-refractivity contribution in [3.8, 4) is 0 Å². The second-order valence-corrected chi connectivity index (χ2v) is 5.95. The van der Waals surface area contributed by atoms with E-state index in [1.165, 1.54) is 43.2 Å². The third-order valence-corrected chi connectivity index (χ3v) is 4.60. The minimum Gasteiger partial charge on any atom is -0.310 e. The average Bonchev–Trinajstić information content (AvgIpc) is 2.45. The molecule has 1 saturated carbocycles. The molecule has 2 heteroatoms. The van der Waals surface area contributed by atoms with E-state index in [4.69, 9.17) is 0 Å². The van der Waals surface area contributed by atoms with Gasteiger partial charge in [0, 0.05) is 18.4 Å². The van der Waals surface area contributed by atoms with Gasteiger partial charge in [0.1, 0.15) is 0 Å². The molecule has 0 saturated heterocycles. The summed E-state index contributed by atoms with van der Waals surface area (Å²) in [5.41, 5.74) is 2.65. The fraction of sp³-hybridized carbons (Fsp3) is 0.706. The van der Waals surface area contributed by atoms with Crippen LogP contribution in [0.1, 0.15) is 63.1 Å².